The number of hydrogen-bond donors (Lipinski definition) is 0. The molecule has 3 nitrogen and oxygen atoms in total. The lowest BCUT2D eigenvalue weighted by Crippen LogP contribution is -1.99. The minimum absolute atomic E-state index is 0.159. The number of nitroso groups, excluding NO2 is 1. The van der Waals surface area contributed by atoms with Gasteiger partial charge in [-0.1, -0.05) is 0 Å². The fourth-order valence-electron chi connectivity index (χ4n) is 1.17. The number of hydrogen-bond acceptors (Lipinski definition) is 3. The summed E-state index contributed by atoms with van der Waals surface area (Å²) in [6.07, 6.45) is 2.30. The van der Waals surface area contributed by atoms with Gasteiger partial charge in [-0.3, -0.25) is 0 Å². The van der Waals surface area contributed by atoms with Crippen LogP contribution in [-0.4, -0.2) is 6.61 Å². The Morgan fingerprint density at radius 3 is 2.93 bits per heavy atom. The van der Waals surface area contributed by atoms with Crippen molar-refractivity contribution in [3.63, 3.8) is 0 Å². The third-order valence-corrected chi connectivity index (χ3v) is 2.19. The second kappa shape index (κ2) is 3.74. The predicted octanol–water partition coefficient (Wildman–Crippen LogP) is 3.01. The van der Waals surface area contributed by atoms with Crippen molar-refractivity contribution >= 4 is 5.69 Å². The molecule has 14 heavy (non-hydrogen) atoms. The zero-order valence-electron chi connectivity index (χ0n) is 7.57. The molecule has 1 aliphatic rings. The molecule has 1 aliphatic carbocycles. The highest BCUT2D eigenvalue weighted by molar-refractivity contribution is 5.51. The fraction of sp³-hybridized carbons (Fsp3) is 0.400. The SMILES string of the molecule is O=Nc1ccc(F)cc1OCC1CC1. The third-order valence-electron chi connectivity index (χ3n) is 2.19. The number of halogens is 1. The van der Waals surface area contributed by atoms with E-state index in [0.29, 0.717) is 12.5 Å². The quantitative estimate of drug-likeness (QED) is 0.692. The van der Waals surface area contributed by atoms with Gasteiger partial charge < -0.3 is 4.74 Å². The summed E-state index contributed by atoms with van der Waals surface area (Å²) in [6, 6.07) is 3.71. The summed E-state index contributed by atoms with van der Waals surface area (Å²) in [5.74, 6) is 0.396. The van der Waals surface area contributed by atoms with E-state index in [1.54, 1.807) is 0 Å². The van der Waals surface area contributed by atoms with Gasteiger partial charge in [0, 0.05) is 6.07 Å². The minimum atomic E-state index is -0.414. The second-order valence-electron chi connectivity index (χ2n) is 3.46. The standard InChI is InChI=1S/C10H10FNO2/c11-8-3-4-9(12-13)10(5-8)14-6-7-1-2-7/h3-5,7H,1-2,6H2. The predicted molar refractivity (Wildman–Crippen MR) is 50.1 cm³/mol. The van der Waals surface area contributed by atoms with Gasteiger partial charge in [0.25, 0.3) is 0 Å². The van der Waals surface area contributed by atoms with Crippen molar-refractivity contribution < 1.29 is 9.13 Å². The molecule has 0 N–H and O–H groups in total. The maximum absolute atomic E-state index is 12.8. The van der Waals surface area contributed by atoms with Gasteiger partial charge in [-0.05, 0) is 36.1 Å². The van der Waals surface area contributed by atoms with Crippen LogP contribution in [-0.2, 0) is 0 Å². The lowest BCUT2D eigenvalue weighted by atomic mass is 10.3. The molecule has 0 amide bonds. The zero-order chi connectivity index (χ0) is 9.97. The van der Waals surface area contributed by atoms with Gasteiger partial charge in [0.2, 0.25) is 0 Å². The molecular formula is C10H10FNO2. The maximum atomic E-state index is 12.8. The van der Waals surface area contributed by atoms with E-state index in [1.807, 2.05) is 0 Å². The van der Waals surface area contributed by atoms with Crippen molar-refractivity contribution in [1.82, 2.24) is 0 Å². The molecule has 0 aromatic heterocycles. The summed E-state index contributed by atoms with van der Waals surface area (Å²) >= 11 is 0. The smallest absolute Gasteiger partial charge is 0.151 e. The lowest BCUT2D eigenvalue weighted by molar-refractivity contribution is 0.299. The Kier molecular flexibility index (Phi) is 2.43. The van der Waals surface area contributed by atoms with E-state index in [1.165, 1.54) is 18.2 Å². The first-order valence-electron chi connectivity index (χ1n) is 4.55. The van der Waals surface area contributed by atoms with Crippen LogP contribution in [0, 0.1) is 16.6 Å². The highest BCUT2D eigenvalue weighted by Crippen LogP contribution is 2.33. The van der Waals surface area contributed by atoms with Crippen molar-refractivity contribution in [1.29, 1.82) is 0 Å². The summed E-state index contributed by atoms with van der Waals surface area (Å²) in [5.41, 5.74) is 0.159. The van der Waals surface area contributed by atoms with Gasteiger partial charge in [-0.2, -0.15) is 0 Å². The van der Waals surface area contributed by atoms with Gasteiger partial charge in [0.05, 0.1) is 6.61 Å². The first-order valence-corrected chi connectivity index (χ1v) is 4.55. The largest absolute Gasteiger partial charge is 0.491 e. The fourth-order valence-corrected chi connectivity index (χ4v) is 1.17. The van der Waals surface area contributed by atoms with E-state index in [9.17, 15) is 9.30 Å². The molecular weight excluding hydrogens is 185 g/mol. The summed E-state index contributed by atoms with van der Waals surface area (Å²) < 4.78 is 18.1. The highest BCUT2D eigenvalue weighted by atomic mass is 19.1. The molecule has 0 aliphatic heterocycles. The molecule has 0 unspecified atom stereocenters. The van der Waals surface area contributed by atoms with Gasteiger partial charge in [-0.25, -0.2) is 4.39 Å². The Labute approximate surface area is 80.9 Å². The zero-order valence-corrected chi connectivity index (χ0v) is 7.57. The first kappa shape index (κ1) is 9.12. The van der Waals surface area contributed by atoms with Crippen LogP contribution in [0.3, 0.4) is 0 Å². The van der Waals surface area contributed by atoms with Gasteiger partial charge >= 0.3 is 0 Å². The second-order valence-corrected chi connectivity index (χ2v) is 3.46. The monoisotopic (exact) mass is 195 g/mol. The van der Waals surface area contributed by atoms with Crippen LogP contribution < -0.4 is 4.74 Å². The molecule has 74 valence electrons. The normalized spacial score (nSPS) is 15.2. The van der Waals surface area contributed by atoms with Crippen LogP contribution in [0.15, 0.2) is 23.4 Å². The minimum Gasteiger partial charge on any atom is -0.491 e. The Balaban J connectivity index is 2.11. The number of rotatable bonds is 4. The number of ether oxygens (including phenoxy) is 1. The van der Waals surface area contributed by atoms with E-state index >= 15 is 0 Å². The molecule has 0 radical (unpaired) electrons. The molecule has 4 heteroatoms. The van der Waals surface area contributed by atoms with Crippen molar-refractivity contribution in [2.75, 3.05) is 6.61 Å². The summed E-state index contributed by atoms with van der Waals surface area (Å²) in [5, 5.41) is 2.77. The Bertz CT molecular complexity index is 350. The van der Waals surface area contributed by atoms with Gasteiger partial charge in [-0.15, -0.1) is 4.91 Å². The van der Waals surface area contributed by atoms with E-state index in [0.717, 1.165) is 12.8 Å². The Morgan fingerprint density at radius 1 is 1.50 bits per heavy atom. The van der Waals surface area contributed by atoms with Crippen molar-refractivity contribution in [3.8, 4) is 5.75 Å². The van der Waals surface area contributed by atoms with E-state index in [4.69, 9.17) is 4.74 Å². The Hall–Kier alpha value is -1.45. The van der Waals surface area contributed by atoms with Crippen LogP contribution in [0.2, 0.25) is 0 Å². The molecule has 0 heterocycles. The number of nitrogens with zero attached hydrogens (tertiary/aromatic N) is 1. The molecule has 0 atom stereocenters. The van der Waals surface area contributed by atoms with Crippen molar-refractivity contribution in [2.45, 2.75) is 12.8 Å². The highest BCUT2D eigenvalue weighted by Gasteiger charge is 2.22. The summed E-state index contributed by atoms with van der Waals surface area (Å²) in [6.45, 7) is 0.548. The van der Waals surface area contributed by atoms with Crippen LogP contribution in [0.4, 0.5) is 10.1 Å². The van der Waals surface area contributed by atoms with Crippen LogP contribution in [0.25, 0.3) is 0 Å². The molecule has 0 bridgehead atoms. The molecule has 1 fully saturated rings. The van der Waals surface area contributed by atoms with Crippen LogP contribution in [0.1, 0.15) is 12.8 Å². The van der Waals surface area contributed by atoms with E-state index < -0.39 is 5.82 Å². The third kappa shape index (κ3) is 2.07. The van der Waals surface area contributed by atoms with Gasteiger partial charge in [0.15, 0.2) is 5.75 Å². The van der Waals surface area contributed by atoms with E-state index in [-0.39, 0.29) is 11.4 Å². The first-order chi connectivity index (χ1) is 6.79. The topological polar surface area (TPSA) is 38.7 Å². The molecule has 1 saturated carbocycles. The molecule has 1 aromatic rings. The van der Waals surface area contributed by atoms with Crippen molar-refractivity contribution in [3.05, 3.63) is 28.9 Å². The average Bonchev–Trinajstić information content (AvgIpc) is 2.98. The molecule has 2 rings (SSSR count). The molecule has 0 saturated heterocycles. The van der Waals surface area contributed by atoms with Gasteiger partial charge in [0.1, 0.15) is 11.5 Å². The number of benzene rings is 1. The summed E-state index contributed by atoms with van der Waals surface area (Å²) in [4.78, 5) is 10.3. The Morgan fingerprint density at radius 2 is 2.29 bits per heavy atom. The molecule has 1 aromatic carbocycles. The lowest BCUT2D eigenvalue weighted by Gasteiger charge is -2.06. The van der Waals surface area contributed by atoms with Crippen LogP contribution in [0.5, 0.6) is 5.75 Å². The van der Waals surface area contributed by atoms with E-state index in [2.05, 4.69) is 5.18 Å². The van der Waals surface area contributed by atoms with Crippen LogP contribution >= 0.6 is 0 Å². The van der Waals surface area contributed by atoms with Crippen molar-refractivity contribution in [2.24, 2.45) is 11.1 Å². The molecule has 0 spiro atoms. The maximum Gasteiger partial charge on any atom is 0.151 e. The average molecular weight is 195 g/mol. The summed E-state index contributed by atoms with van der Waals surface area (Å²) in [7, 11) is 0.